The molecule has 8 heteroatoms. The summed E-state index contributed by atoms with van der Waals surface area (Å²) in [7, 11) is 1.50. The molecule has 4 aromatic rings. The molecule has 0 saturated heterocycles. The fourth-order valence-electron chi connectivity index (χ4n) is 2.87. The van der Waals surface area contributed by atoms with Gasteiger partial charge < -0.3 is 14.3 Å². The highest BCUT2D eigenvalue weighted by molar-refractivity contribution is 5.79. The summed E-state index contributed by atoms with van der Waals surface area (Å²) in [5.41, 5.74) is -0.0418. The molecule has 2 N–H and O–H groups in total. The number of aromatic hydroxyl groups is 1. The van der Waals surface area contributed by atoms with Crippen molar-refractivity contribution in [1.82, 2.24) is 14.5 Å². The highest BCUT2D eigenvalue weighted by Crippen LogP contribution is 2.31. The van der Waals surface area contributed by atoms with Crippen LogP contribution in [0.25, 0.3) is 22.3 Å². The maximum absolute atomic E-state index is 12.3. The lowest BCUT2D eigenvalue weighted by atomic mass is 10.1. The molecule has 0 fully saturated rings. The molecule has 0 spiro atoms. The molecular formula is C19H15N3O5. The van der Waals surface area contributed by atoms with Gasteiger partial charge in [-0.25, -0.2) is 9.78 Å². The van der Waals surface area contributed by atoms with Gasteiger partial charge in [0.05, 0.1) is 31.0 Å². The van der Waals surface area contributed by atoms with E-state index in [1.54, 1.807) is 36.4 Å². The largest absolute Gasteiger partial charge is 0.507 e. The van der Waals surface area contributed by atoms with Crippen molar-refractivity contribution in [1.29, 1.82) is 0 Å². The van der Waals surface area contributed by atoms with E-state index in [0.29, 0.717) is 22.8 Å². The average molecular weight is 365 g/mol. The second-order valence-corrected chi connectivity index (χ2v) is 5.88. The molecule has 3 aromatic heterocycles. The Hall–Kier alpha value is -3.81. The Bertz CT molecular complexity index is 1240. The summed E-state index contributed by atoms with van der Waals surface area (Å²) in [5.74, 6) is 1.03. The molecule has 0 bridgehead atoms. The molecule has 4 rings (SSSR count). The number of hydrogen-bond donors (Lipinski definition) is 2. The van der Waals surface area contributed by atoms with E-state index in [1.807, 2.05) is 0 Å². The van der Waals surface area contributed by atoms with Gasteiger partial charge in [0.15, 0.2) is 5.65 Å². The molecule has 136 valence electrons. The molecule has 0 unspecified atom stereocenters. The number of H-pyrrole nitrogens is 1. The number of rotatable bonds is 4. The number of methoxy groups -OCH3 is 1. The van der Waals surface area contributed by atoms with E-state index in [-0.39, 0.29) is 23.3 Å². The number of nitrogens with zero attached hydrogens (tertiary/aromatic N) is 2. The van der Waals surface area contributed by atoms with Crippen molar-refractivity contribution in [2.45, 2.75) is 6.54 Å². The van der Waals surface area contributed by atoms with Crippen LogP contribution in [0.15, 0.2) is 62.7 Å². The van der Waals surface area contributed by atoms with Gasteiger partial charge in [0.1, 0.15) is 17.3 Å². The minimum atomic E-state index is -0.590. The molecule has 0 radical (unpaired) electrons. The standard InChI is InChI=1S/C19H15N3O5/c1-26-11-4-5-13(16(23)9-11)15-7-6-14-17(20-15)22(19(25)21-18(14)24)10-12-3-2-8-27-12/h2-9,23H,10H2,1H3,(H,21,24,25). The van der Waals surface area contributed by atoms with Gasteiger partial charge in [0, 0.05) is 11.6 Å². The van der Waals surface area contributed by atoms with Crippen LogP contribution in [0.1, 0.15) is 5.76 Å². The number of ether oxygens (including phenoxy) is 1. The second kappa shape index (κ2) is 6.49. The van der Waals surface area contributed by atoms with Crippen LogP contribution in [0.5, 0.6) is 11.5 Å². The fourth-order valence-corrected chi connectivity index (χ4v) is 2.87. The fraction of sp³-hybridized carbons (Fsp3) is 0.105. The van der Waals surface area contributed by atoms with Crippen molar-refractivity contribution in [2.24, 2.45) is 0 Å². The lowest BCUT2D eigenvalue weighted by molar-refractivity contribution is 0.408. The molecule has 0 aliphatic heterocycles. The zero-order valence-corrected chi connectivity index (χ0v) is 14.3. The molecule has 0 atom stereocenters. The Morgan fingerprint density at radius 2 is 2.07 bits per heavy atom. The first-order chi connectivity index (χ1) is 13.1. The van der Waals surface area contributed by atoms with Gasteiger partial charge in [0.2, 0.25) is 0 Å². The number of furan rings is 1. The number of hydrogen-bond acceptors (Lipinski definition) is 6. The molecule has 0 aliphatic carbocycles. The zero-order valence-electron chi connectivity index (χ0n) is 14.3. The lowest BCUT2D eigenvalue weighted by Crippen LogP contribution is -2.31. The zero-order chi connectivity index (χ0) is 19.0. The smallest absolute Gasteiger partial charge is 0.330 e. The summed E-state index contributed by atoms with van der Waals surface area (Å²) in [6.45, 7) is 0.115. The molecule has 27 heavy (non-hydrogen) atoms. The first-order valence-corrected chi connectivity index (χ1v) is 8.10. The molecule has 3 heterocycles. The summed E-state index contributed by atoms with van der Waals surface area (Å²) in [6, 6.07) is 11.4. The van der Waals surface area contributed by atoms with E-state index >= 15 is 0 Å². The maximum Gasteiger partial charge on any atom is 0.330 e. The molecular weight excluding hydrogens is 350 g/mol. The normalized spacial score (nSPS) is 11.0. The quantitative estimate of drug-likeness (QED) is 0.573. The van der Waals surface area contributed by atoms with Crippen LogP contribution < -0.4 is 16.0 Å². The van der Waals surface area contributed by atoms with E-state index < -0.39 is 11.2 Å². The van der Waals surface area contributed by atoms with Crippen LogP contribution >= 0.6 is 0 Å². The van der Waals surface area contributed by atoms with Crippen LogP contribution in [0.2, 0.25) is 0 Å². The second-order valence-electron chi connectivity index (χ2n) is 5.88. The van der Waals surface area contributed by atoms with E-state index in [2.05, 4.69) is 9.97 Å². The highest BCUT2D eigenvalue weighted by atomic mass is 16.5. The number of phenolic OH excluding ortho intramolecular Hbond substituents is 1. The van der Waals surface area contributed by atoms with Crippen molar-refractivity contribution in [2.75, 3.05) is 7.11 Å². The molecule has 0 amide bonds. The summed E-state index contributed by atoms with van der Waals surface area (Å²) in [6.07, 6.45) is 1.50. The van der Waals surface area contributed by atoms with Crippen molar-refractivity contribution < 1.29 is 14.3 Å². The van der Waals surface area contributed by atoms with Crippen LogP contribution in [0, 0.1) is 0 Å². The van der Waals surface area contributed by atoms with E-state index in [9.17, 15) is 14.7 Å². The van der Waals surface area contributed by atoms with Gasteiger partial charge in [-0.15, -0.1) is 0 Å². The number of aromatic nitrogens is 3. The molecule has 0 saturated carbocycles. The Balaban J connectivity index is 1.93. The number of phenols is 1. The predicted octanol–water partition coefficient (Wildman–Crippen LogP) is 2.11. The summed E-state index contributed by atoms with van der Waals surface area (Å²) in [4.78, 5) is 31.2. The minimum Gasteiger partial charge on any atom is -0.507 e. The van der Waals surface area contributed by atoms with Crippen molar-refractivity contribution in [3.63, 3.8) is 0 Å². The first kappa shape index (κ1) is 16.6. The summed E-state index contributed by atoms with van der Waals surface area (Å²) < 4.78 is 11.7. The van der Waals surface area contributed by atoms with Gasteiger partial charge in [-0.2, -0.15) is 0 Å². The monoisotopic (exact) mass is 365 g/mol. The van der Waals surface area contributed by atoms with Crippen LogP contribution in [0.4, 0.5) is 0 Å². The van der Waals surface area contributed by atoms with Crippen LogP contribution in [-0.2, 0) is 6.54 Å². The van der Waals surface area contributed by atoms with E-state index in [0.717, 1.165) is 0 Å². The summed E-state index contributed by atoms with van der Waals surface area (Å²) >= 11 is 0. The van der Waals surface area contributed by atoms with Gasteiger partial charge in [-0.1, -0.05) is 0 Å². The first-order valence-electron chi connectivity index (χ1n) is 8.10. The van der Waals surface area contributed by atoms with Gasteiger partial charge in [0.25, 0.3) is 5.56 Å². The maximum atomic E-state index is 12.3. The predicted molar refractivity (Wildman–Crippen MR) is 98.1 cm³/mol. The molecule has 8 nitrogen and oxygen atoms in total. The Morgan fingerprint density at radius 1 is 1.22 bits per heavy atom. The van der Waals surface area contributed by atoms with Crippen LogP contribution in [0.3, 0.4) is 0 Å². The minimum absolute atomic E-state index is 0.0222. The van der Waals surface area contributed by atoms with Crippen molar-refractivity contribution in [3.05, 3.63) is 75.3 Å². The third kappa shape index (κ3) is 2.97. The third-order valence-corrected chi connectivity index (χ3v) is 4.22. The van der Waals surface area contributed by atoms with Gasteiger partial charge in [-0.05, 0) is 36.4 Å². The third-order valence-electron chi connectivity index (χ3n) is 4.22. The van der Waals surface area contributed by atoms with Crippen molar-refractivity contribution in [3.8, 4) is 22.8 Å². The Labute approximate surface area is 152 Å². The number of aromatic amines is 1. The van der Waals surface area contributed by atoms with Crippen molar-refractivity contribution >= 4 is 11.0 Å². The number of pyridine rings is 1. The van der Waals surface area contributed by atoms with E-state index in [4.69, 9.17) is 9.15 Å². The lowest BCUT2D eigenvalue weighted by Gasteiger charge is -2.10. The average Bonchev–Trinajstić information content (AvgIpc) is 3.18. The number of benzene rings is 1. The van der Waals surface area contributed by atoms with Gasteiger partial charge >= 0.3 is 5.69 Å². The molecule has 1 aromatic carbocycles. The van der Waals surface area contributed by atoms with Gasteiger partial charge in [-0.3, -0.25) is 14.3 Å². The Kier molecular flexibility index (Phi) is 4.00. The number of fused-ring (bicyclic) bond motifs is 1. The van der Waals surface area contributed by atoms with E-state index in [1.165, 1.54) is 24.0 Å². The summed E-state index contributed by atoms with van der Waals surface area (Å²) in [5, 5.41) is 10.5. The highest BCUT2D eigenvalue weighted by Gasteiger charge is 2.14. The van der Waals surface area contributed by atoms with Crippen LogP contribution in [-0.4, -0.2) is 26.8 Å². The number of nitrogens with one attached hydrogen (secondary N) is 1. The SMILES string of the molecule is COc1ccc(-c2ccc3c(=O)[nH]c(=O)n(Cc4ccco4)c3n2)c(O)c1. The molecule has 0 aliphatic rings. The Morgan fingerprint density at radius 3 is 2.78 bits per heavy atom. The topological polar surface area (TPSA) is 110 Å².